The van der Waals surface area contributed by atoms with Crippen molar-refractivity contribution >= 4 is 23.6 Å². The molecule has 1 aliphatic carbocycles. The highest BCUT2D eigenvalue weighted by molar-refractivity contribution is 6.00. The van der Waals surface area contributed by atoms with Crippen LogP contribution >= 0.6 is 0 Å². The highest BCUT2D eigenvalue weighted by Gasteiger charge is 2.57. The minimum Gasteiger partial charge on any atom is -0.484 e. The molecule has 13 heteroatoms. The van der Waals surface area contributed by atoms with Crippen molar-refractivity contribution in [1.82, 2.24) is 21.5 Å². The van der Waals surface area contributed by atoms with E-state index in [-0.39, 0.29) is 18.7 Å². The first-order valence-electron chi connectivity index (χ1n) is 7.55. The van der Waals surface area contributed by atoms with E-state index in [9.17, 15) is 36.7 Å². The SMILES string of the molecule is O=C1NC[C@@]2(C[C@@H](C(=O)NNC(=O)C(F)(F)F)OC3=CC=C(F)C(=O)C32)N1. The summed E-state index contributed by atoms with van der Waals surface area (Å²) in [4.78, 5) is 46.7. The number of Topliss-reactive ketones (excluding diaryl/α,β-unsaturated/α-hetero) is 1. The second-order valence-corrected chi connectivity index (χ2v) is 6.10. The molecular weight excluding hydrogens is 380 g/mol. The van der Waals surface area contributed by atoms with E-state index in [4.69, 9.17) is 4.74 Å². The Labute approximate surface area is 148 Å². The molecule has 0 aromatic rings. The molecule has 2 fully saturated rings. The second-order valence-electron chi connectivity index (χ2n) is 6.10. The molecule has 0 radical (unpaired) electrons. The van der Waals surface area contributed by atoms with Gasteiger partial charge in [-0.1, -0.05) is 0 Å². The van der Waals surface area contributed by atoms with E-state index >= 15 is 0 Å². The van der Waals surface area contributed by atoms with E-state index < -0.39 is 53.2 Å². The third-order valence-corrected chi connectivity index (χ3v) is 4.33. The molecule has 1 spiro atoms. The van der Waals surface area contributed by atoms with Crippen molar-refractivity contribution in [3.63, 3.8) is 0 Å². The number of rotatable bonds is 1. The van der Waals surface area contributed by atoms with Gasteiger partial charge in [-0.05, 0) is 12.2 Å². The predicted octanol–water partition coefficient (Wildman–Crippen LogP) is -0.527. The number of hydrogen-bond donors (Lipinski definition) is 4. The van der Waals surface area contributed by atoms with Crippen LogP contribution in [-0.2, 0) is 19.1 Å². The number of urea groups is 1. The number of carbonyl (C=O) groups is 4. The molecule has 9 nitrogen and oxygen atoms in total. The fourth-order valence-corrected chi connectivity index (χ4v) is 3.15. The normalized spacial score (nSPS) is 29.6. The van der Waals surface area contributed by atoms with Crippen molar-refractivity contribution in [2.45, 2.75) is 24.2 Å². The average Bonchev–Trinajstić information content (AvgIpc) is 2.95. The first-order chi connectivity index (χ1) is 12.5. The summed E-state index contributed by atoms with van der Waals surface area (Å²) < 4.78 is 55.6. The van der Waals surface area contributed by atoms with Gasteiger partial charge in [0.2, 0.25) is 5.78 Å². The zero-order valence-electron chi connectivity index (χ0n) is 13.3. The van der Waals surface area contributed by atoms with Gasteiger partial charge in [0.05, 0.1) is 5.54 Å². The van der Waals surface area contributed by atoms with E-state index in [2.05, 4.69) is 10.6 Å². The number of amides is 4. The number of hydrazine groups is 1. The summed E-state index contributed by atoms with van der Waals surface area (Å²) in [5.41, 5.74) is 1.35. The Kier molecular flexibility index (Phi) is 4.32. The van der Waals surface area contributed by atoms with E-state index in [1.807, 2.05) is 0 Å². The van der Waals surface area contributed by atoms with Gasteiger partial charge in [-0.2, -0.15) is 13.2 Å². The monoisotopic (exact) mass is 392 g/mol. The van der Waals surface area contributed by atoms with Crippen LogP contribution in [0.1, 0.15) is 6.42 Å². The van der Waals surface area contributed by atoms with Crippen molar-refractivity contribution < 1.29 is 41.5 Å². The number of alkyl halides is 3. The Morgan fingerprint density at radius 2 is 1.93 bits per heavy atom. The van der Waals surface area contributed by atoms with E-state index in [0.29, 0.717) is 0 Å². The Morgan fingerprint density at radius 1 is 1.22 bits per heavy atom. The van der Waals surface area contributed by atoms with Crippen LogP contribution in [0.2, 0.25) is 0 Å². The summed E-state index contributed by atoms with van der Waals surface area (Å²) in [6.07, 6.45) is -5.10. The number of fused-ring (bicyclic) bond motifs is 2. The highest BCUT2D eigenvalue weighted by atomic mass is 19.4. The molecule has 0 bridgehead atoms. The van der Waals surface area contributed by atoms with Crippen molar-refractivity contribution in [3.8, 4) is 0 Å². The summed E-state index contributed by atoms with van der Waals surface area (Å²) in [5, 5.41) is 4.86. The number of ketones is 1. The maximum absolute atomic E-state index is 13.7. The average molecular weight is 392 g/mol. The maximum atomic E-state index is 13.7. The van der Waals surface area contributed by atoms with Gasteiger partial charge in [0, 0.05) is 13.0 Å². The number of nitrogens with one attached hydrogen (secondary N) is 4. The predicted molar refractivity (Wildman–Crippen MR) is 76.9 cm³/mol. The fourth-order valence-electron chi connectivity index (χ4n) is 3.15. The Balaban J connectivity index is 1.81. The number of hydrogen-bond acceptors (Lipinski definition) is 5. The molecule has 3 atom stereocenters. The highest BCUT2D eigenvalue weighted by Crippen LogP contribution is 2.42. The van der Waals surface area contributed by atoms with Crippen LogP contribution in [0.5, 0.6) is 0 Å². The number of carbonyl (C=O) groups excluding carboxylic acids is 4. The van der Waals surface area contributed by atoms with Crippen LogP contribution in [-0.4, -0.2) is 48.0 Å². The molecule has 146 valence electrons. The zero-order chi connectivity index (χ0) is 20.0. The van der Waals surface area contributed by atoms with Gasteiger partial charge in [-0.25, -0.2) is 9.18 Å². The molecule has 2 heterocycles. The quantitative estimate of drug-likeness (QED) is 0.353. The first-order valence-corrected chi connectivity index (χ1v) is 7.55. The maximum Gasteiger partial charge on any atom is 0.472 e. The van der Waals surface area contributed by atoms with Crippen LogP contribution in [0.15, 0.2) is 23.7 Å². The molecule has 0 aromatic heterocycles. The summed E-state index contributed by atoms with van der Waals surface area (Å²) in [6.45, 7) is -0.144. The largest absolute Gasteiger partial charge is 0.484 e. The molecule has 3 rings (SSSR count). The topological polar surface area (TPSA) is 126 Å². The molecule has 0 aromatic carbocycles. The third kappa shape index (κ3) is 3.31. The van der Waals surface area contributed by atoms with Crippen molar-refractivity contribution in [2.24, 2.45) is 5.92 Å². The number of halogens is 4. The summed E-state index contributed by atoms with van der Waals surface area (Å²) in [6, 6.07) is -0.663. The first kappa shape index (κ1) is 18.7. The van der Waals surface area contributed by atoms with Gasteiger partial charge in [0.25, 0.3) is 5.91 Å². The summed E-state index contributed by atoms with van der Waals surface area (Å²) >= 11 is 0. The van der Waals surface area contributed by atoms with Crippen molar-refractivity contribution in [2.75, 3.05) is 6.54 Å². The van der Waals surface area contributed by atoms with Gasteiger partial charge in [0.1, 0.15) is 11.7 Å². The molecule has 1 unspecified atom stereocenters. The fraction of sp³-hybridized carbons (Fsp3) is 0.429. The molecular formula is C14H12F4N4O5. The smallest absolute Gasteiger partial charge is 0.472 e. The van der Waals surface area contributed by atoms with Crippen LogP contribution < -0.4 is 21.5 Å². The number of allylic oxidation sites excluding steroid dienone is 3. The second kappa shape index (κ2) is 6.25. The zero-order valence-corrected chi connectivity index (χ0v) is 13.3. The van der Waals surface area contributed by atoms with E-state index in [1.54, 1.807) is 5.43 Å². The van der Waals surface area contributed by atoms with Crippen LogP contribution in [0.4, 0.5) is 22.4 Å². The molecule has 0 saturated carbocycles. The number of ether oxygens (including phenoxy) is 1. The molecule has 2 saturated heterocycles. The molecule has 2 aliphatic heterocycles. The Hall–Kier alpha value is -3.12. The summed E-state index contributed by atoms with van der Waals surface area (Å²) in [7, 11) is 0. The van der Waals surface area contributed by atoms with E-state index in [1.165, 1.54) is 5.43 Å². The van der Waals surface area contributed by atoms with Gasteiger partial charge in [-0.3, -0.25) is 25.2 Å². The van der Waals surface area contributed by atoms with Crippen LogP contribution in [0, 0.1) is 5.92 Å². The Bertz CT molecular complexity index is 793. The van der Waals surface area contributed by atoms with Gasteiger partial charge in [0.15, 0.2) is 11.9 Å². The third-order valence-electron chi connectivity index (χ3n) is 4.33. The van der Waals surface area contributed by atoms with E-state index in [0.717, 1.165) is 12.2 Å². The lowest BCUT2D eigenvalue weighted by atomic mass is 9.72. The molecule has 4 amide bonds. The standard InChI is InChI=1S/C14H12F4N4O5/c15-5-1-2-6-8(9(5)23)13(4-19-12(26)20-13)3-7(27-6)10(24)21-22-11(25)14(16,17)18/h1-2,7-8H,3-4H2,(H,21,24)(H,22,25)(H2,19,20,26)/t7-,8?,13+/m0/s1. The molecule has 3 aliphatic rings. The Morgan fingerprint density at radius 3 is 2.52 bits per heavy atom. The lowest BCUT2D eigenvalue weighted by Crippen LogP contribution is -2.62. The lowest BCUT2D eigenvalue weighted by Gasteiger charge is -2.44. The van der Waals surface area contributed by atoms with Gasteiger partial charge >= 0.3 is 18.1 Å². The van der Waals surface area contributed by atoms with Gasteiger partial charge < -0.3 is 15.4 Å². The van der Waals surface area contributed by atoms with Crippen LogP contribution in [0.25, 0.3) is 0 Å². The van der Waals surface area contributed by atoms with Gasteiger partial charge in [-0.15, -0.1) is 0 Å². The molecule has 4 N–H and O–H groups in total. The molecule has 27 heavy (non-hydrogen) atoms. The summed E-state index contributed by atoms with van der Waals surface area (Å²) in [5.74, 6) is -6.93. The minimum atomic E-state index is -5.21. The van der Waals surface area contributed by atoms with Crippen LogP contribution in [0.3, 0.4) is 0 Å². The van der Waals surface area contributed by atoms with Crippen molar-refractivity contribution in [1.29, 1.82) is 0 Å². The minimum absolute atomic E-state index is 0.126. The van der Waals surface area contributed by atoms with Crippen molar-refractivity contribution in [3.05, 3.63) is 23.7 Å². The lowest BCUT2D eigenvalue weighted by molar-refractivity contribution is -0.175.